The largest absolute Gasteiger partial charge is 0.332 e. The summed E-state index contributed by atoms with van der Waals surface area (Å²) in [7, 11) is 0. The standard InChI is InChI=1S/C17H19N5O/c1-12-9-18-21(10-12)11-13-5-4-8-22(13)17(23)16-14-6-2-3-7-15(14)19-20-16/h2-3,6-7,9-10,13H,4-5,8,11H2,1H3,(H,19,20)/t13-/m0/s1. The van der Waals surface area contributed by atoms with Gasteiger partial charge >= 0.3 is 0 Å². The molecule has 0 unspecified atom stereocenters. The second kappa shape index (κ2) is 5.53. The Hall–Kier alpha value is -2.63. The maximum absolute atomic E-state index is 12.9. The van der Waals surface area contributed by atoms with Gasteiger partial charge in [-0.15, -0.1) is 0 Å². The highest BCUT2D eigenvalue weighted by atomic mass is 16.2. The number of benzene rings is 1. The number of nitrogens with zero attached hydrogens (tertiary/aromatic N) is 4. The molecule has 23 heavy (non-hydrogen) atoms. The fraction of sp³-hybridized carbons (Fsp3) is 0.353. The van der Waals surface area contributed by atoms with Crippen LogP contribution in [0.2, 0.25) is 0 Å². The van der Waals surface area contributed by atoms with Crippen LogP contribution in [0, 0.1) is 6.92 Å². The molecular weight excluding hydrogens is 290 g/mol. The van der Waals surface area contributed by atoms with Gasteiger partial charge in [-0.3, -0.25) is 14.6 Å². The van der Waals surface area contributed by atoms with Gasteiger partial charge in [-0.2, -0.15) is 10.2 Å². The maximum Gasteiger partial charge on any atom is 0.275 e. The monoisotopic (exact) mass is 309 g/mol. The lowest BCUT2D eigenvalue weighted by molar-refractivity contribution is 0.0717. The number of aryl methyl sites for hydroxylation is 1. The van der Waals surface area contributed by atoms with Crippen LogP contribution in [0.5, 0.6) is 0 Å². The summed E-state index contributed by atoms with van der Waals surface area (Å²) in [6, 6.07) is 7.93. The lowest BCUT2D eigenvalue weighted by Gasteiger charge is -2.24. The molecule has 0 aliphatic carbocycles. The Morgan fingerprint density at radius 2 is 2.26 bits per heavy atom. The molecule has 0 saturated carbocycles. The summed E-state index contributed by atoms with van der Waals surface area (Å²) in [6.45, 7) is 3.55. The predicted molar refractivity (Wildman–Crippen MR) is 87.1 cm³/mol. The zero-order valence-electron chi connectivity index (χ0n) is 13.1. The summed E-state index contributed by atoms with van der Waals surface area (Å²) < 4.78 is 1.92. The molecule has 118 valence electrons. The smallest absolute Gasteiger partial charge is 0.275 e. The van der Waals surface area contributed by atoms with Gasteiger partial charge in [0.25, 0.3) is 5.91 Å². The lowest BCUT2D eigenvalue weighted by atomic mass is 10.1. The van der Waals surface area contributed by atoms with Crippen molar-refractivity contribution in [2.24, 2.45) is 0 Å². The number of H-pyrrole nitrogens is 1. The van der Waals surface area contributed by atoms with Crippen LogP contribution in [0.4, 0.5) is 0 Å². The molecule has 1 aromatic carbocycles. The molecule has 3 heterocycles. The van der Waals surface area contributed by atoms with Crippen molar-refractivity contribution in [1.82, 2.24) is 24.9 Å². The van der Waals surface area contributed by atoms with E-state index in [1.165, 1.54) is 0 Å². The number of fused-ring (bicyclic) bond motifs is 1. The van der Waals surface area contributed by atoms with Crippen LogP contribution in [0.1, 0.15) is 28.9 Å². The third-order valence-electron chi connectivity index (χ3n) is 4.47. The molecule has 0 bridgehead atoms. The second-order valence-corrected chi connectivity index (χ2v) is 6.15. The Morgan fingerprint density at radius 3 is 3.09 bits per heavy atom. The van der Waals surface area contributed by atoms with E-state index in [-0.39, 0.29) is 11.9 Å². The van der Waals surface area contributed by atoms with E-state index >= 15 is 0 Å². The van der Waals surface area contributed by atoms with Crippen molar-refractivity contribution >= 4 is 16.8 Å². The lowest BCUT2D eigenvalue weighted by Crippen LogP contribution is -2.38. The molecule has 1 aliphatic heterocycles. The zero-order chi connectivity index (χ0) is 15.8. The molecule has 2 aromatic heterocycles. The Labute approximate surface area is 134 Å². The summed E-state index contributed by atoms with van der Waals surface area (Å²) in [6.07, 6.45) is 5.90. The molecule has 6 heteroatoms. The van der Waals surface area contributed by atoms with Gasteiger partial charge in [0, 0.05) is 18.1 Å². The zero-order valence-corrected chi connectivity index (χ0v) is 13.1. The van der Waals surface area contributed by atoms with Crippen LogP contribution in [0.15, 0.2) is 36.7 Å². The van der Waals surface area contributed by atoms with Crippen LogP contribution in [-0.4, -0.2) is 43.4 Å². The molecule has 1 atom stereocenters. The van der Waals surface area contributed by atoms with Crippen molar-refractivity contribution in [2.75, 3.05) is 6.54 Å². The van der Waals surface area contributed by atoms with Gasteiger partial charge in [-0.1, -0.05) is 18.2 Å². The average molecular weight is 309 g/mol. The summed E-state index contributed by atoms with van der Waals surface area (Å²) in [5.41, 5.74) is 2.55. The highest BCUT2D eigenvalue weighted by Gasteiger charge is 2.31. The molecule has 1 amide bonds. The SMILES string of the molecule is Cc1cnn(C[C@@H]2CCCN2C(=O)c2n[nH]c3ccccc23)c1. The normalized spacial score (nSPS) is 18.0. The number of likely N-dealkylation sites (tertiary alicyclic amines) is 1. The van der Waals surface area contributed by atoms with Crippen molar-refractivity contribution < 1.29 is 4.79 Å². The van der Waals surface area contributed by atoms with Gasteiger partial charge in [-0.05, 0) is 31.4 Å². The van der Waals surface area contributed by atoms with Crippen LogP contribution in [0.3, 0.4) is 0 Å². The molecule has 0 spiro atoms. The van der Waals surface area contributed by atoms with E-state index in [0.717, 1.165) is 42.4 Å². The molecule has 1 aliphatic rings. The van der Waals surface area contributed by atoms with E-state index in [0.29, 0.717) is 5.69 Å². The number of rotatable bonds is 3. The summed E-state index contributed by atoms with van der Waals surface area (Å²) in [4.78, 5) is 14.9. The minimum absolute atomic E-state index is 0.00817. The minimum atomic E-state index is 0.00817. The van der Waals surface area contributed by atoms with E-state index < -0.39 is 0 Å². The van der Waals surface area contributed by atoms with Gasteiger partial charge in [0.1, 0.15) is 0 Å². The third-order valence-corrected chi connectivity index (χ3v) is 4.47. The topological polar surface area (TPSA) is 66.8 Å². The quantitative estimate of drug-likeness (QED) is 0.807. The molecule has 0 radical (unpaired) electrons. The number of hydrogen-bond acceptors (Lipinski definition) is 3. The van der Waals surface area contributed by atoms with E-state index in [2.05, 4.69) is 15.3 Å². The van der Waals surface area contributed by atoms with E-state index in [9.17, 15) is 4.79 Å². The summed E-state index contributed by atoms with van der Waals surface area (Å²) >= 11 is 0. The van der Waals surface area contributed by atoms with Crippen LogP contribution in [0.25, 0.3) is 10.9 Å². The minimum Gasteiger partial charge on any atom is -0.332 e. The number of carbonyl (C=O) groups is 1. The van der Waals surface area contributed by atoms with Crippen molar-refractivity contribution in [2.45, 2.75) is 32.4 Å². The Morgan fingerprint density at radius 1 is 1.39 bits per heavy atom. The van der Waals surface area contributed by atoms with Crippen molar-refractivity contribution in [3.63, 3.8) is 0 Å². The molecule has 3 aromatic rings. The highest BCUT2D eigenvalue weighted by molar-refractivity contribution is 6.04. The van der Waals surface area contributed by atoms with E-state index in [4.69, 9.17) is 0 Å². The van der Waals surface area contributed by atoms with Gasteiger partial charge in [0.15, 0.2) is 5.69 Å². The highest BCUT2D eigenvalue weighted by Crippen LogP contribution is 2.24. The maximum atomic E-state index is 12.9. The van der Waals surface area contributed by atoms with Crippen LogP contribution < -0.4 is 0 Å². The summed E-state index contributed by atoms with van der Waals surface area (Å²) in [5.74, 6) is 0.00817. The van der Waals surface area contributed by atoms with Gasteiger partial charge in [0.05, 0.1) is 24.3 Å². The third kappa shape index (κ3) is 2.50. The molecule has 4 rings (SSSR count). The number of amides is 1. The number of nitrogens with one attached hydrogen (secondary N) is 1. The molecule has 6 nitrogen and oxygen atoms in total. The number of aromatic nitrogens is 4. The van der Waals surface area contributed by atoms with Crippen molar-refractivity contribution in [1.29, 1.82) is 0 Å². The molecule has 1 fully saturated rings. The number of hydrogen-bond donors (Lipinski definition) is 1. The first-order chi connectivity index (χ1) is 11.2. The van der Waals surface area contributed by atoms with Crippen LogP contribution in [-0.2, 0) is 6.54 Å². The summed E-state index contributed by atoms with van der Waals surface area (Å²) in [5, 5.41) is 12.4. The number of aromatic amines is 1. The van der Waals surface area contributed by atoms with Crippen LogP contribution >= 0.6 is 0 Å². The first-order valence-corrected chi connectivity index (χ1v) is 7.95. The molecule has 1 N–H and O–H groups in total. The Kier molecular flexibility index (Phi) is 3.37. The van der Waals surface area contributed by atoms with E-state index in [1.807, 2.05) is 53.2 Å². The average Bonchev–Trinajstić information content (AvgIpc) is 3.27. The fourth-order valence-electron chi connectivity index (χ4n) is 3.34. The molecular formula is C17H19N5O. The first-order valence-electron chi connectivity index (χ1n) is 7.95. The predicted octanol–water partition coefficient (Wildman–Crippen LogP) is 2.37. The van der Waals surface area contributed by atoms with Crippen molar-refractivity contribution in [3.05, 3.63) is 47.9 Å². The molecule has 1 saturated heterocycles. The van der Waals surface area contributed by atoms with Gasteiger partial charge in [0.2, 0.25) is 0 Å². The Balaban J connectivity index is 1.59. The van der Waals surface area contributed by atoms with Crippen molar-refractivity contribution in [3.8, 4) is 0 Å². The van der Waals surface area contributed by atoms with Gasteiger partial charge < -0.3 is 4.90 Å². The number of carbonyl (C=O) groups excluding carboxylic acids is 1. The van der Waals surface area contributed by atoms with E-state index in [1.54, 1.807) is 0 Å². The first kappa shape index (κ1) is 14.0. The number of para-hydroxylation sites is 1. The second-order valence-electron chi connectivity index (χ2n) is 6.15. The fourth-order valence-corrected chi connectivity index (χ4v) is 3.34. The Bertz CT molecular complexity index is 849. The van der Waals surface area contributed by atoms with Gasteiger partial charge in [-0.25, -0.2) is 0 Å².